The first-order valence-electron chi connectivity index (χ1n) is 38.2. The highest BCUT2D eigenvalue weighted by molar-refractivity contribution is 5.77. The zero-order chi connectivity index (χ0) is 74.1. The molecule has 6 aromatic carbocycles. The van der Waals surface area contributed by atoms with Crippen LogP contribution in [0.2, 0.25) is 0 Å². The van der Waals surface area contributed by atoms with E-state index >= 15 is 0 Å². The van der Waals surface area contributed by atoms with Crippen LogP contribution in [0.15, 0.2) is 152 Å². The van der Waals surface area contributed by atoms with E-state index in [-0.39, 0.29) is 24.5 Å². The fraction of sp³-hybridized carbons (Fsp3) is 0.578. The molecule has 3 saturated carbocycles. The van der Waals surface area contributed by atoms with Gasteiger partial charge in [0.1, 0.15) is 34.2 Å². The molecule has 12 unspecified atom stereocenters. The summed E-state index contributed by atoms with van der Waals surface area (Å²) in [7, 11) is 1.68. The number of fused-ring (bicyclic) bond motifs is 6. The van der Waals surface area contributed by atoms with Crippen LogP contribution in [-0.2, 0) is 46.2 Å². The van der Waals surface area contributed by atoms with Gasteiger partial charge in [-0.25, -0.2) is 0 Å². The average molecular weight is 1370 g/mol. The highest BCUT2D eigenvalue weighted by Gasteiger charge is 2.55. The molecule has 12 atom stereocenters. The number of aromatic hydroxyl groups is 2. The van der Waals surface area contributed by atoms with Crippen LogP contribution in [0.5, 0.6) is 23.0 Å². The first-order valence-corrected chi connectivity index (χ1v) is 38.2. The van der Waals surface area contributed by atoms with E-state index < -0.39 is 22.0 Å². The van der Waals surface area contributed by atoms with Gasteiger partial charge in [0.25, 0.3) is 0 Å². The summed E-state index contributed by atoms with van der Waals surface area (Å²) in [5.41, 5.74) is 6.99. The number of benzene rings is 6. The summed E-state index contributed by atoms with van der Waals surface area (Å²) in [6.45, 7) is 43.9. The second kappa shape index (κ2) is 39.7. The predicted octanol–water partition coefficient (Wildman–Crippen LogP) is 24.1. The molecule has 0 saturated heterocycles. The van der Waals surface area contributed by atoms with Crippen molar-refractivity contribution in [3.63, 3.8) is 0 Å². The average Bonchev–Trinajstić information content (AvgIpc) is 1.60. The summed E-state index contributed by atoms with van der Waals surface area (Å²) >= 11 is 0. The number of rotatable bonds is 24. The molecule has 552 valence electrons. The molecular weight excluding hydrogens is 1240 g/mol. The van der Waals surface area contributed by atoms with Crippen molar-refractivity contribution in [2.24, 2.45) is 46.3 Å². The number of carbonyl (C=O) groups excluding carboxylic acids is 2. The molecule has 100 heavy (non-hydrogen) atoms. The van der Waals surface area contributed by atoms with Crippen LogP contribution in [0.4, 0.5) is 0 Å². The third-order valence-electron chi connectivity index (χ3n) is 22.2. The highest BCUT2D eigenvalue weighted by atomic mass is 16.7. The zero-order valence-electron chi connectivity index (χ0n) is 65.8. The van der Waals surface area contributed by atoms with Crippen LogP contribution in [0, 0.1) is 46.3 Å². The Morgan fingerprint density at radius 2 is 0.910 bits per heavy atom. The van der Waals surface area contributed by atoms with Crippen molar-refractivity contribution in [3.8, 4) is 23.0 Å². The molecule has 6 aromatic rings. The van der Waals surface area contributed by atoms with E-state index in [4.69, 9.17) is 38.6 Å². The van der Waals surface area contributed by atoms with Crippen LogP contribution in [0.1, 0.15) is 285 Å². The summed E-state index contributed by atoms with van der Waals surface area (Å²) in [5.74, 6) is 9.06. The maximum absolute atomic E-state index is 12.2. The summed E-state index contributed by atoms with van der Waals surface area (Å²) in [6.07, 6.45) is 15.2. The largest absolute Gasteiger partial charge is 0.508 e. The van der Waals surface area contributed by atoms with Gasteiger partial charge in [0.15, 0.2) is 0 Å². The Kier molecular flexibility index (Phi) is 33.4. The molecule has 2 bridgehead atoms. The number of hydrogen-bond donors (Lipinski definition) is 2. The van der Waals surface area contributed by atoms with Gasteiger partial charge in [-0.2, -0.15) is 0 Å². The molecule has 0 spiro atoms. The molecule has 0 radical (unpaired) electrons. The number of ether oxygens (including phenoxy) is 6. The van der Waals surface area contributed by atoms with Gasteiger partial charge in [-0.15, -0.1) is 0 Å². The molecule has 2 N–H and O–H groups in total. The van der Waals surface area contributed by atoms with Gasteiger partial charge in [-0.05, 0) is 260 Å². The normalized spacial score (nSPS) is 20.6. The number of methoxy groups -OCH3 is 1. The quantitative estimate of drug-likeness (QED) is 0.0446. The molecule has 4 aliphatic carbocycles. The molecule has 10 nitrogen and oxygen atoms in total. The second-order valence-electron chi connectivity index (χ2n) is 31.6. The lowest BCUT2D eigenvalue weighted by Crippen LogP contribution is -2.37. The molecule has 10 heteroatoms. The van der Waals surface area contributed by atoms with Gasteiger partial charge in [0, 0.05) is 18.9 Å². The van der Waals surface area contributed by atoms with Crippen LogP contribution in [0.25, 0.3) is 0 Å². The topological polar surface area (TPSA) is 130 Å². The summed E-state index contributed by atoms with van der Waals surface area (Å²) < 4.78 is 35.4. The van der Waals surface area contributed by atoms with Crippen LogP contribution >= 0.6 is 0 Å². The Morgan fingerprint density at radius 3 is 1.34 bits per heavy atom. The van der Waals surface area contributed by atoms with E-state index in [9.17, 15) is 9.59 Å². The third kappa shape index (κ3) is 24.5. The standard InChI is InChI=1S/C24H36O2.C16H22O2.C15H24O2.C15H22O2.2C10H14O/c1-5-16(4)17-9-11-19(12-10-17)25-24(15(2)3)26-23-14-18-13-22(23)21-8-6-7-20(18)21;1-5-15(2,3)14(17)18-16(4)11-10-12-8-6-7-9-13(12)16;1-6-12(4)13-7-9-14(10-8-13)17-15(16-5)11(2)3;1-6-14(2,3)13(16)17-15(4,5)12-10-8-7-9-11-12;2*1-3-8(2)9-4-6-10(11)7-5-9/h9-12,15-16,18,20-24H,5-8,13-14H2,1-4H3;6-9H,5,10-11H2,1-4H3;7-12,15H,6H2,1-5H3;7-11H,6H2,1-5H3;2*4-8,11H,3H2,1-2H3. The van der Waals surface area contributed by atoms with E-state index in [0.717, 1.165) is 85.7 Å². The van der Waals surface area contributed by atoms with E-state index in [1.165, 1.54) is 71.9 Å². The summed E-state index contributed by atoms with van der Waals surface area (Å²) in [4.78, 5) is 24.3. The molecular formula is C90H132O10. The predicted molar refractivity (Wildman–Crippen MR) is 413 cm³/mol. The number of phenolic OH excluding ortho intramolecular Hbond substituents is 2. The molecule has 0 amide bonds. The van der Waals surface area contributed by atoms with Crippen LogP contribution in [-0.4, -0.2) is 47.9 Å². The molecule has 10 rings (SSSR count). The maximum atomic E-state index is 12.2. The first kappa shape index (κ1) is 84.0. The molecule has 0 aliphatic heterocycles. The Labute approximate surface area is 606 Å². The van der Waals surface area contributed by atoms with Gasteiger partial charge >= 0.3 is 11.9 Å². The van der Waals surface area contributed by atoms with Gasteiger partial charge in [0.05, 0.1) is 16.9 Å². The van der Waals surface area contributed by atoms with Crippen molar-refractivity contribution < 1.29 is 48.2 Å². The monoisotopic (exact) mass is 1370 g/mol. The van der Waals surface area contributed by atoms with Crippen molar-refractivity contribution in [1.29, 1.82) is 0 Å². The fourth-order valence-electron chi connectivity index (χ4n) is 13.4. The number of hydrogen-bond acceptors (Lipinski definition) is 10. The number of phenols is 2. The fourth-order valence-corrected chi connectivity index (χ4v) is 13.4. The minimum atomic E-state index is -0.579. The lowest BCUT2D eigenvalue weighted by molar-refractivity contribution is -0.170. The molecule has 0 heterocycles. The maximum Gasteiger partial charge on any atom is 0.312 e. The molecule has 0 aromatic heterocycles. The van der Waals surface area contributed by atoms with Crippen molar-refractivity contribution in [2.45, 2.75) is 282 Å². The number of aryl methyl sites for hydroxylation is 1. The smallest absolute Gasteiger partial charge is 0.312 e. The minimum absolute atomic E-state index is 0.0933. The van der Waals surface area contributed by atoms with Crippen LogP contribution < -0.4 is 9.47 Å². The Bertz CT molecular complexity index is 3240. The highest BCUT2D eigenvalue weighted by Crippen LogP contribution is 2.60. The SMILES string of the molecule is CCC(C)(C)C(=O)OC(C)(C)c1ccccc1.CCC(C)(C)C(=O)OC1(C)CCc2ccccc21.CCC(C)c1ccc(O)cc1.CCC(C)c1ccc(O)cc1.CCC(C)c1ccc(OC(OC)C(C)C)cc1.CCC(C)c1ccc(OC(OC2CC3CC2C2CCCC32)C(C)C)cc1. The lowest BCUT2D eigenvalue weighted by Gasteiger charge is -2.35. The Hall–Kier alpha value is -6.62. The first-order chi connectivity index (χ1) is 47.3. The number of carbonyl (C=O) groups is 2. The second-order valence-corrected chi connectivity index (χ2v) is 31.6. The Morgan fingerprint density at radius 1 is 0.500 bits per heavy atom. The van der Waals surface area contributed by atoms with E-state index in [1.54, 1.807) is 31.4 Å². The molecule has 4 aliphatic rings. The van der Waals surface area contributed by atoms with E-state index in [2.05, 4.69) is 132 Å². The molecule has 3 fully saturated rings. The summed E-state index contributed by atoms with van der Waals surface area (Å²) in [6, 6.07) is 49.9. The van der Waals surface area contributed by atoms with Crippen molar-refractivity contribution in [1.82, 2.24) is 0 Å². The van der Waals surface area contributed by atoms with E-state index in [1.807, 2.05) is 141 Å². The lowest BCUT2D eigenvalue weighted by atomic mass is 9.80. The minimum Gasteiger partial charge on any atom is -0.508 e. The van der Waals surface area contributed by atoms with Crippen LogP contribution in [0.3, 0.4) is 0 Å². The summed E-state index contributed by atoms with van der Waals surface area (Å²) in [5, 5.41) is 18.0. The van der Waals surface area contributed by atoms with Crippen molar-refractivity contribution in [3.05, 3.63) is 191 Å². The van der Waals surface area contributed by atoms with Crippen molar-refractivity contribution >= 4 is 11.9 Å². The van der Waals surface area contributed by atoms with E-state index in [0.29, 0.717) is 53.1 Å². The third-order valence-corrected chi connectivity index (χ3v) is 22.2. The number of esters is 2. The van der Waals surface area contributed by atoms with Gasteiger partial charge < -0.3 is 38.6 Å². The zero-order valence-corrected chi connectivity index (χ0v) is 65.8. The van der Waals surface area contributed by atoms with Crippen molar-refractivity contribution in [2.75, 3.05) is 7.11 Å². The van der Waals surface area contributed by atoms with Gasteiger partial charge in [-0.3, -0.25) is 9.59 Å². The Balaban J connectivity index is 0.000000222. The van der Waals surface area contributed by atoms with Gasteiger partial charge in [0.2, 0.25) is 12.6 Å². The van der Waals surface area contributed by atoms with Gasteiger partial charge in [-0.1, -0.05) is 206 Å².